The Balaban J connectivity index is 1.98. The van der Waals surface area contributed by atoms with Gasteiger partial charge in [0.05, 0.1) is 12.5 Å². The van der Waals surface area contributed by atoms with Crippen molar-refractivity contribution in [3.05, 3.63) is 0 Å². The third-order valence-corrected chi connectivity index (χ3v) is 3.52. The van der Waals surface area contributed by atoms with Crippen molar-refractivity contribution < 1.29 is 14.4 Å². The van der Waals surface area contributed by atoms with E-state index in [0.717, 1.165) is 6.42 Å². The van der Waals surface area contributed by atoms with Crippen molar-refractivity contribution in [2.45, 2.75) is 19.8 Å². The third kappa shape index (κ3) is 2.63. The van der Waals surface area contributed by atoms with Crippen LogP contribution in [0.2, 0.25) is 0 Å². The SMILES string of the molecule is CCN1CC(C(=O)N2CCCNC(=O)C2)CC1=O. The number of amides is 3. The number of carbonyl (C=O) groups is 3. The first-order valence-corrected chi connectivity index (χ1v) is 6.45. The van der Waals surface area contributed by atoms with Gasteiger partial charge in [0.2, 0.25) is 17.7 Å². The van der Waals surface area contributed by atoms with Gasteiger partial charge in [-0.3, -0.25) is 14.4 Å². The van der Waals surface area contributed by atoms with Crippen molar-refractivity contribution in [2.24, 2.45) is 5.92 Å². The van der Waals surface area contributed by atoms with E-state index >= 15 is 0 Å². The summed E-state index contributed by atoms with van der Waals surface area (Å²) in [6, 6.07) is 0. The second kappa shape index (κ2) is 5.37. The van der Waals surface area contributed by atoms with Crippen molar-refractivity contribution in [2.75, 3.05) is 32.7 Å². The van der Waals surface area contributed by atoms with Crippen molar-refractivity contribution in [1.82, 2.24) is 15.1 Å². The van der Waals surface area contributed by atoms with E-state index in [-0.39, 0.29) is 36.6 Å². The molecule has 18 heavy (non-hydrogen) atoms. The Morgan fingerprint density at radius 2 is 2.22 bits per heavy atom. The van der Waals surface area contributed by atoms with Crippen molar-refractivity contribution in [1.29, 1.82) is 0 Å². The fourth-order valence-electron chi connectivity index (χ4n) is 2.50. The van der Waals surface area contributed by atoms with Crippen molar-refractivity contribution >= 4 is 17.7 Å². The number of hydrogen-bond donors (Lipinski definition) is 1. The second-order valence-electron chi connectivity index (χ2n) is 4.80. The number of hydrogen-bond acceptors (Lipinski definition) is 3. The van der Waals surface area contributed by atoms with E-state index in [0.29, 0.717) is 26.2 Å². The standard InChI is InChI=1S/C12H19N3O3/c1-2-14-7-9(6-11(14)17)12(18)15-5-3-4-13-10(16)8-15/h9H,2-8H2,1H3,(H,13,16). The molecule has 0 saturated carbocycles. The summed E-state index contributed by atoms with van der Waals surface area (Å²) in [5.74, 6) is -0.410. The highest BCUT2D eigenvalue weighted by Crippen LogP contribution is 2.20. The minimum absolute atomic E-state index is 0.0372. The zero-order valence-electron chi connectivity index (χ0n) is 10.6. The summed E-state index contributed by atoms with van der Waals surface area (Å²) in [4.78, 5) is 38.6. The molecule has 1 unspecified atom stereocenters. The van der Waals surface area contributed by atoms with Gasteiger partial charge in [-0.15, -0.1) is 0 Å². The Bertz CT molecular complexity index is 370. The molecule has 0 aromatic heterocycles. The quantitative estimate of drug-likeness (QED) is 0.700. The van der Waals surface area contributed by atoms with E-state index in [4.69, 9.17) is 0 Å². The number of nitrogens with zero attached hydrogens (tertiary/aromatic N) is 2. The van der Waals surface area contributed by atoms with Crippen molar-refractivity contribution in [3.8, 4) is 0 Å². The summed E-state index contributed by atoms with van der Waals surface area (Å²) in [7, 11) is 0. The van der Waals surface area contributed by atoms with E-state index < -0.39 is 0 Å². The van der Waals surface area contributed by atoms with Gasteiger partial charge in [0.25, 0.3) is 0 Å². The van der Waals surface area contributed by atoms with Gasteiger partial charge in [0.15, 0.2) is 0 Å². The Morgan fingerprint density at radius 1 is 1.44 bits per heavy atom. The molecule has 2 fully saturated rings. The van der Waals surface area contributed by atoms with Gasteiger partial charge in [-0.1, -0.05) is 0 Å². The smallest absolute Gasteiger partial charge is 0.239 e. The van der Waals surface area contributed by atoms with Gasteiger partial charge in [0, 0.05) is 32.6 Å². The van der Waals surface area contributed by atoms with Crippen LogP contribution in [0.15, 0.2) is 0 Å². The average Bonchev–Trinajstić information content (AvgIpc) is 2.59. The molecule has 0 bridgehead atoms. The molecule has 2 saturated heterocycles. The maximum absolute atomic E-state index is 12.3. The molecule has 0 aromatic carbocycles. The molecule has 0 spiro atoms. The third-order valence-electron chi connectivity index (χ3n) is 3.52. The monoisotopic (exact) mass is 253 g/mol. The number of carbonyl (C=O) groups excluding carboxylic acids is 3. The molecule has 2 rings (SSSR count). The molecule has 2 aliphatic rings. The summed E-state index contributed by atoms with van der Waals surface area (Å²) in [5.41, 5.74) is 0. The van der Waals surface area contributed by atoms with Crippen LogP contribution in [0.1, 0.15) is 19.8 Å². The first-order valence-electron chi connectivity index (χ1n) is 6.45. The van der Waals surface area contributed by atoms with Gasteiger partial charge in [0.1, 0.15) is 0 Å². The van der Waals surface area contributed by atoms with Crippen LogP contribution < -0.4 is 5.32 Å². The molecule has 0 radical (unpaired) electrons. The molecule has 3 amide bonds. The topological polar surface area (TPSA) is 69.7 Å². The van der Waals surface area contributed by atoms with Crippen molar-refractivity contribution in [3.63, 3.8) is 0 Å². The fraction of sp³-hybridized carbons (Fsp3) is 0.750. The molecule has 1 atom stereocenters. The highest BCUT2D eigenvalue weighted by Gasteiger charge is 2.36. The minimum atomic E-state index is -0.275. The molecule has 2 aliphatic heterocycles. The number of likely N-dealkylation sites (tertiary alicyclic amines) is 1. The second-order valence-corrected chi connectivity index (χ2v) is 4.80. The average molecular weight is 253 g/mol. The lowest BCUT2D eigenvalue weighted by molar-refractivity contribution is -0.138. The molecule has 0 aromatic rings. The van der Waals surface area contributed by atoms with E-state index in [1.165, 1.54) is 0 Å². The zero-order chi connectivity index (χ0) is 13.1. The largest absolute Gasteiger partial charge is 0.354 e. The lowest BCUT2D eigenvalue weighted by Gasteiger charge is -2.22. The Kier molecular flexibility index (Phi) is 3.84. The van der Waals surface area contributed by atoms with Gasteiger partial charge >= 0.3 is 0 Å². The van der Waals surface area contributed by atoms with E-state index in [9.17, 15) is 14.4 Å². The fourth-order valence-corrected chi connectivity index (χ4v) is 2.50. The molecule has 1 N–H and O–H groups in total. The summed E-state index contributed by atoms with van der Waals surface area (Å²) in [5, 5.41) is 2.74. The lowest BCUT2D eigenvalue weighted by atomic mass is 10.1. The normalized spacial score (nSPS) is 25.1. The molecular weight excluding hydrogens is 234 g/mol. The van der Waals surface area contributed by atoms with Gasteiger partial charge in [-0.05, 0) is 13.3 Å². The van der Waals surface area contributed by atoms with Crippen LogP contribution >= 0.6 is 0 Å². The Hall–Kier alpha value is -1.59. The maximum Gasteiger partial charge on any atom is 0.239 e. The summed E-state index contributed by atoms with van der Waals surface area (Å²) >= 11 is 0. The zero-order valence-corrected chi connectivity index (χ0v) is 10.6. The highest BCUT2D eigenvalue weighted by atomic mass is 16.2. The van der Waals surface area contributed by atoms with Crippen LogP contribution in [-0.4, -0.2) is 60.2 Å². The predicted molar refractivity (Wildman–Crippen MR) is 64.6 cm³/mol. The van der Waals surface area contributed by atoms with Crippen LogP contribution in [0.5, 0.6) is 0 Å². The Labute approximate surface area is 106 Å². The van der Waals surface area contributed by atoms with Crippen LogP contribution in [0, 0.1) is 5.92 Å². The first-order chi connectivity index (χ1) is 8.61. The maximum atomic E-state index is 12.3. The number of rotatable bonds is 2. The van der Waals surface area contributed by atoms with Crippen LogP contribution in [-0.2, 0) is 14.4 Å². The van der Waals surface area contributed by atoms with Gasteiger partial charge in [-0.25, -0.2) is 0 Å². The first kappa shape index (κ1) is 12.9. The minimum Gasteiger partial charge on any atom is -0.354 e. The van der Waals surface area contributed by atoms with Gasteiger partial charge < -0.3 is 15.1 Å². The van der Waals surface area contributed by atoms with E-state index in [2.05, 4.69) is 5.32 Å². The summed E-state index contributed by atoms with van der Waals surface area (Å²) in [6.45, 7) is 4.37. The highest BCUT2D eigenvalue weighted by molar-refractivity contribution is 5.91. The summed E-state index contributed by atoms with van der Waals surface area (Å²) in [6.07, 6.45) is 1.06. The lowest BCUT2D eigenvalue weighted by Crippen LogP contribution is -2.41. The molecule has 6 nitrogen and oxygen atoms in total. The van der Waals surface area contributed by atoms with E-state index in [1.807, 2.05) is 6.92 Å². The van der Waals surface area contributed by atoms with Crippen LogP contribution in [0.3, 0.4) is 0 Å². The molecule has 0 aliphatic carbocycles. The summed E-state index contributed by atoms with van der Waals surface area (Å²) < 4.78 is 0. The van der Waals surface area contributed by atoms with Crippen LogP contribution in [0.4, 0.5) is 0 Å². The molecule has 6 heteroatoms. The van der Waals surface area contributed by atoms with Crippen LogP contribution in [0.25, 0.3) is 0 Å². The van der Waals surface area contributed by atoms with E-state index in [1.54, 1.807) is 9.80 Å². The van der Waals surface area contributed by atoms with Gasteiger partial charge in [-0.2, -0.15) is 0 Å². The predicted octanol–water partition coefficient (Wildman–Crippen LogP) is -0.797. The number of nitrogens with one attached hydrogen (secondary N) is 1. The molecular formula is C12H19N3O3. The molecule has 2 heterocycles. The molecule has 100 valence electrons. The Morgan fingerprint density at radius 3 is 2.89 bits per heavy atom.